The molecule has 0 aliphatic rings. The lowest BCUT2D eigenvalue weighted by atomic mass is 10.1. The van der Waals surface area contributed by atoms with E-state index in [2.05, 4.69) is 38.1 Å². The second kappa shape index (κ2) is 6.95. The third-order valence-corrected chi connectivity index (χ3v) is 4.71. The average molecular weight is 267 g/mol. The largest absolute Gasteiger partial charge is 0.197 e. The molecule has 16 heavy (non-hydrogen) atoms. The summed E-state index contributed by atoms with van der Waals surface area (Å²) in [5.74, 6) is 1.34. The van der Waals surface area contributed by atoms with Gasteiger partial charge >= 0.3 is 0 Å². The molecule has 0 spiro atoms. The van der Waals surface area contributed by atoms with E-state index >= 15 is 0 Å². The van der Waals surface area contributed by atoms with Gasteiger partial charge in [-0.1, -0.05) is 47.7 Å². The zero-order valence-corrected chi connectivity index (χ0v) is 11.8. The number of hydrogen-bond donors (Lipinski definition) is 0. The molecular weight excluding hydrogens is 254 g/mol. The molecule has 0 fully saturated rings. The van der Waals surface area contributed by atoms with Crippen molar-refractivity contribution in [3.63, 3.8) is 0 Å². The molecule has 0 aliphatic heterocycles. The molecule has 0 bridgehead atoms. The van der Waals surface area contributed by atoms with Crippen LogP contribution < -0.4 is 0 Å². The normalized spacial score (nSPS) is 9.81. The second-order valence-corrected chi connectivity index (χ2v) is 6.57. The van der Waals surface area contributed by atoms with Crippen molar-refractivity contribution in [2.24, 2.45) is 0 Å². The van der Waals surface area contributed by atoms with Gasteiger partial charge in [-0.3, -0.25) is 0 Å². The standard InChI is InChI=1S/C12H13NS3/c1-9-3-4-11(10(2)7-9)8-16-12(14)15-6-5-13/h3-4,7H,6,8H2,1-2H3. The van der Waals surface area contributed by atoms with E-state index in [4.69, 9.17) is 17.5 Å². The van der Waals surface area contributed by atoms with Gasteiger partial charge in [0.15, 0.2) is 0 Å². The number of nitrogens with zero attached hydrogens (tertiary/aromatic N) is 1. The summed E-state index contributed by atoms with van der Waals surface area (Å²) in [6.45, 7) is 4.21. The van der Waals surface area contributed by atoms with Crippen LogP contribution in [0.1, 0.15) is 16.7 Å². The predicted molar refractivity (Wildman–Crippen MR) is 77.9 cm³/mol. The van der Waals surface area contributed by atoms with E-state index in [1.54, 1.807) is 11.8 Å². The molecule has 1 aromatic carbocycles. The van der Waals surface area contributed by atoms with Crippen LogP contribution in [0.5, 0.6) is 0 Å². The number of benzene rings is 1. The van der Waals surface area contributed by atoms with E-state index in [-0.39, 0.29) is 0 Å². The highest BCUT2D eigenvalue weighted by atomic mass is 32.2. The van der Waals surface area contributed by atoms with Crippen LogP contribution in [-0.4, -0.2) is 9.28 Å². The van der Waals surface area contributed by atoms with Gasteiger partial charge in [-0.15, -0.1) is 11.8 Å². The fourth-order valence-corrected chi connectivity index (χ4v) is 3.10. The van der Waals surface area contributed by atoms with Crippen LogP contribution in [0.15, 0.2) is 18.2 Å². The van der Waals surface area contributed by atoms with Gasteiger partial charge in [-0.05, 0) is 25.0 Å². The van der Waals surface area contributed by atoms with Crippen LogP contribution >= 0.6 is 35.7 Å². The maximum atomic E-state index is 8.44. The number of thioether (sulfide) groups is 2. The molecule has 84 valence electrons. The number of aryl methyl sites for hydroxylation is 2. The summed E-state index contributed by atoms with van der Waals surface area (Å²) in [7, 11) is 0. The van der Waals surface area contributed by atoms with Crippen molar-refractivity contribution in [1.82, 2.24) is 0 Å². The van der Waals surface area contributed by atoms with Crippen LogP contribution in [0.2, 0.25) is 0 Å². The van der Waals surface area contributed by atoms with Gasteiger partial charge in [0.1, 0.15) is 3.53 Å². The minimum absolute atomic E-state index is 0.443. The Bertz CT molecular complexity index is 421. The quantitative estimate of drug-likeness (QED) is 0.770. The zero-order valence-electron chi connectivity index (χ0n) is 9.32. The molecule has 0 aliphatic carbocycles. The fourth-order valence-electron chi connectivity index (χ4n) is 1.28. The van der Waals surface area contributed by atoms with E-state index in [0.717, 1.165) is 9.28 Å². The average Bonchev–Trinajstić information content (AvgIpc) is 2.25. The zero-order chi connectivity index (χ0) is 12.0. The van der Waals surface area contributed by atoms with Crippen molar-refractivity contribution in [3.8, 4) is 6.07 Å². The summed E-state index contributed by atoms with van der Waals surface area (Å²) >= 11 is 8.23. The molecular formula is C12H13NS3. The fraction of sp³-hybridized carbons (Fsp3) is 0.333. The Morgan fingerprint density at radius 2 is 2.12 bits per heavy atom. The number of thiocarbonyl (C=S) groups is 1. The van der Waals surface area contributed by atoms with Gasteiger partial charge in [-0.2, -0.15) is 5.26 Å². The molecule has 1 nitrogen and oxygen atoms in total. The van der Waals surface area contributed by atoms with E-state index in [9.17, 15) is 0 Å². The summed E-state index contributed by atoms with van der Waals surface area (Å²) in [6.07, 6.45) is 0. The number of rotatable bonds is 3. The summed E-state index contributed by atoms with van der Waals surface area (Å²) in [5, 5.41) is 8.44. The van der Waals surface area contributed by atoms with Crippen molar-refractivity contribution < 1.29 is 0 Å². The molecule has 0 saturated carbocycles. The first-order valence-corrected chi connectivity index (χ1v) is 7.24. The maximum absolute atomic E-state index is 8.44. The van der Waals surface area contributed by atoms with E-state index in [1.165, 1.54) is 28.5 Å². The summed E-state index contributed by atoms with van der Waals surface area (Å²) in [6, 6.07) is 8.53. The monoisotopic (exact) mass is 267 g/mol. The first-order valence-electron chi connectivity index (χ1n) is 4.86. The SMILES string of the molecule is Cc1ccc(CSC(=S)SCC#N)c(C)c1. The molecule has 1 rings (SSSR count). The van der Waals surface area contributed by atoms with E-state index in [0.29, 0.717) is 5.75 Å². The van der Waals surface area contributed by atoms with Crippen LogP contribution in [0, 0.1) is 25.2 Å². The molecule has 0 amide bonds. The van der Waals surface area contributed by atoms with Crippen LogP contribution in [0.25, 0.3) is 0 Å². The third kappa shape index (κ3) is 4.56. The van der Waals surface area contributed by atoms with Gasteiger partial charge < -0.3 is 0 Å². The molecule has 0 unspecified atom stereocenters. The van der Waals surface area contributed by atoms with E-state index < -0.39 is 0 Å². The van der Waals surface area contributed by atoms with Crippen LogP contribution in [0.4, 0.5) is 0 Å². The second-order valence-electron chi connectivity index (χ2n) is 3.42. The van der Waals surface area contributed by atoms with E-state index in [1.807, 2.05) is 0 Å². The van der Waals surface area contributed by atoms with Crippen LogP contribution in [0.3, 0.4) is 0 Å². The highest BCUT2D eigenvalue weighted by Gasteiger charge is 2.02. The summed E-state index contributed by atoms with van der Waals surface area (Å²) in [5.41, 5.74) is 3.91. The Hall–Kier alpha value is -0.500. The Morgan fingerprint density at radius 3 is 2.75 bits per heavy atom. The molecule has 1 aromatic rings. The molecule has 0 saturated heterocycles. The van der Waals surface area contributed by atoms with Crippen molar-refractivity contribution in [3.05, 3.63) is 34.9 Å². The molecule has 0 atom stereocenters. The Morgan fingerprint density at radius 1 is 1.38 bits per heavy atom. The Kier molecular flexibility index (Phi) is 5.89. The van der Waals surface area contributed by atoms with Gasteiger partial charge in [0.2, 0.25) is 0 Å². The predicted octanol–water partition coefficient (Wildman–Crippen LogP) is 4.08. The molecule has 0 aromatic heterocycles. The molecule has 0 heterocycles. The number of hydrogen-bond acceptors (Lipinski definition) is 4. The summed E-state index contributed by atoms with van der Waals surface area (Å²) < 4.78 is 0.849. The minimum atomic E-state index is 0.443. The van der Waals surface area contributed by atoms with Gasteiger partial charge in [-0.25, -0.2) is 0 Å². The minimum Gasteiger partial charge on any atom is -0.197 e. The lowest BCUT2D eigenvalue weighted by Gasteiger charge is -2.06. The Labute approximate surface area is 111 Å². The Balaban J connectivity index is 2.49. The van der Waals surface area contributed by atoms with Crippen molar-refractivity contribution in [1.29, 1.82) is 5.26 Å². The number of nitriles is 1. The van der Waals surface area contributed by atoms with Crippen molar-refractivity contribution >= 4 is 39.3 Å². The molecule has 4 heteroatoms. The smallest absolute Gasteiger partial charge is 0.105 e. The van der Waals surface area contributed by atoms with Gasteiger partial charge in [0.25, 0.3) is 0 Å². The van der Waals surface area contributed by atoms with Gasteiger partial charge in [0, 0.05) is 5.75 Å². The first-order chi connectivity index (χ1) is 7.63. The van der Waals surface area contributed by atoms with Crippen molar-refractivity contribution in [2.75, 3.05) is 5.75 Å². The topological polar surface area (TPSA) is 23.8 Å². The van der Waals surface area contributed by atoms with Gasteiger partial charge in [0.05, 0.1) is 11.8 Å². The highest BCUT2D eigenvalue weighted by molar-refractivity contribution is 8.47. The maximum Gasteiger partial charge on any atom is 0.105 e. The van der Waals surface area contributed by atoms with Crippen molar-refractivity contribution in [2.45, 2.75) is 19.6 Å². The molecule has 0 N–H and O–H groups in total. The lowest BCUT2D eigenvalue weighted by molar-refractivity contribution is 1.28. The third-order valence-electron chi connectivity index (χ3n) is 2.10. The highest BCUT2D eigenvalue weighted by Crippen LogP contribution is 2.23. The summed E-state index contributed by atoms with van der Waals surface area (Å²) in [4.78, 5) is 0. The van der Waals surface area contributed by atoms with Crippen LogP contribution in [-0.2, 0) is 5.75 Å². The first kappa shape index (κ1) is 13.6. The lowest BCUT2D eigenvalue weighted by Crippen LogP contribution is -1.90. The molecule has 0 radical (unpaired) electrons.